The second kappa shape index (κ2) is 22.5. The fourth-order valence-electron chi connectivity index (χ4n) is 10.8. The monoisotopic (exact) mass is 1220 g/mol. The molecule has 2 aliphatic rings. The Kier molecular flexibility index (Phi) is 17.3. The number of hydrogen-bond acceptors (Lipinski definition) is 15. The normalized spacial score (nSPS) is 17.6. The number of unbranched alkanes of at least 4 members (excludes halogenated alkanes) is 1. The van der Waals surface area contributed by atoms with Crippen LogP contribution in [0.15, 0.2) is 135 Å². The van der Waals surface area contributed by atoms with Crippen LogP contribution in [0.2, 0.25) is 0 Å². The van der Waals surface area contributed by atoms with Gasteiger partial charge >= 0.3 is 5.97 Å². The van der Waals surface area contributed by atoms with E-state index in [1.807, 2.05) is 18.2 Å². The number of carboxylic acid groups (broad SMARTS) is 1. The zero-order chi connectivity index (χ0) is 59.3. The summed E-state index contributed by atoms with van der Waals surface area (Å²) in [6.07, 6.45) is 11.4. The number of allylic oxidation sites excluding steroid dienone is 7. The fraction of sp³-hybridized carbons (Fsp3) is 0.327. The lowest BCUT2D eigenvalue weighted by Crippen LogP contribution is -2.41. The molecule has 1 atom stereocenters. The second-order valence-corrected chi connectivity index (χ2v) is 29.3. The van der Waals surface area contributed by atoms with E-state index in [0.717, 1.165) is 17.7 Å². The third-order valence-corrected chi connectivity index (χ3v) is 19.2. The first-order valence-corrected chi connectivity index (χ1v) is 33.4. The Balaban J connectivity index is 1.40. The summed E-state index contributed by atoms with van der Waals surface area (Å²) in [7, 11) is -29.2. The van der Waals surface area contributed by atoms with E-state index in [-0.39, 0.29) is 53.9 Å². The van der Waals surface area contributed by atoms with Crippen molar-refractivity contribution in [3.63, 3.8) is 0 Å². The maximum atomic E-state index is 12.7. The highest BCUT2D eigenvalue weighted by molar-refractivity contribution is 7.87. The van der Waals surface area contributed by atoms with Gasteiger partial charge in [-0.2, -0.15) is 50.5 Å². The first kappa shape index (κ1) is 61.7. The van der Waals surface area contributed by atoms with E-state index in [0.29, 0.717) is 70.7 Å². The molecule has 1 unspecified atom stereocenters. The number of anilines is 2. The molecule has 80 heavy (non-hydrogen) atoms. The van der Waals surface area contributed by atoms with Gasteiger partial charge in [0.15, 0.2) is 0 Å². The molecular weight excluding hydrogens is 1160 g/mol. The number of benzene rings is 5. The van der Waals surface area contributed by atoms with Crippen LogP contribution in [0.25, 0.3) is 27.1 Å². The predicted octanol–water partition coefficient (Wildman–Crippen LogP) is 7.68. The zero-order valence-electron chi connectivity index (χ0n) is 43.3. The van der Waals surface area contributed by atoms with E-state index in [2.05, 4.69) is 0 Å². The standard InChI is InChI=1S/C52H58N2O20S6/c1-51(2)46(53(24-10-26-75(57,58)59)42-21-19-38-40(49(42)51)29-36(77(63,64)65)31-44(38)79(69,70)71)16-7-6-14-34(35-15-9-13-33(28-35)12-5-8-17-48(55)56)18-23-47-52(3,4)50-41-30-37(78(66,67)68)32-45(80(72,73)74)39(41)20-22-43(50)54(47)25-11-27-76(60,61)62/h6-7,9,13-16,18-23,28-32,47H,5,8,10-12,17,24-27H2,1-4H3,(H,55,56)(H,57,58,59)(H,60,61,62)(H,63,64,65)(H,66,67,68)(H,69,70,71)(H,72,73,74)/b7-6+,23-18+,34-14-,46-16+. The average molecular weight is 1220 g/mol. The molecule has 0 fully saturated rings. The van der Waals surface area contributed by atoms with Crippen molar-refractivity contribution in [3.8, 4) is 0 Å². The first-order valence-electron chi connectivity index (χ1n) is 24.5. The van der Waals surface area contributed by atoms with Crippen molar-refractivity contribution in [2.75, 3.05) is 34.4 Å². The van der Waals surface area contributed by atoms with E-state index < -0.39 is 115 Å². The molecular formula is C52H58N2O20S6. The van der Waals surface area contributed by atoms with Crippen LogP contribution < -0.4 is 9.80 Å². The van der Waals surface area contributed by atoms with E-state index in [4.69, 9.17) is 0 Å². The predicted molar refractivity (Wildman–Crippen MR) is 300 cm³/mol. The van der Waals surface area contributed by atoms with Crippen molar-refractivity contribution in [2.45, 2.75) is 103 Å². The molecule has 0 radical (unpaired) electrons. The summed E-state index contributed by atoms with van der Waals surface area (Å²) in [5, 5.41) is 9.11. The van der Waals surface area contributed by atoms with Gasteiger partial charge in [0.25, 0.3) is 60.7 Å². The Morgan fingerprint density at radius 2 is 1.12 bits per heavy atom. The second-order valence-electron chi connectivity index (χ2n) is 20.5. The molecule has 0 aromatic heterocycles. The van der Waals surface area contributed by atoms with Gasteiger partial charge in [-0.15, -0.1) is 0 Å². The molecule has 2 aliphatic heterocycles. The Morgan fingerprint density at radius 1 is 0.588 bits per heavy atom. The maximum absolute atomic E-state index is 12.7. The Labute approximate surface area is 464 Å². The summed E-state index contributed by atoms with van der Waals surface area (Å²) >= 11 is 0. The summed E-state index contributed by atoms with van der Waals surface area (Å²) in [4.78, 5) is 11.5. The lowest BCUT2D eigenvalue weighted by atomic mass is 9.78. The number of carbonyl (C=O) groups is 1. The minimum absolute atomic E-state index is 0.0207. The molecule has 5 aromatic rings. The molecule has 7 rings (SSSR count). The summed E-state index contributed by atoms with van der Waals surface area (Å²) in [5.74, 6) is -2.25. The molecule has 0 aliphatic carbocycles. The van der Waals surface area contributed by atoms with Gasteiger partial charge in [0.2, 0.25) is 0 Å². The topological polar surface area (TPSA) is 370 Å². The van der Waals surface area contributed by atoms with Crippen LogP contribution in [0.4, 0.5) is 11.4 Å². The van der Waals surface area contributed by atoms with Gasteiger partial charge in [-0.1, -0.05) is 94.5 Å². The Morgan fingerprint density at radius 3 is 1.65 bits per heavy atom. The summed E-state index contributed by atoms with van der Waals surface area (Å²) in [5.41, 5.74) is 1.72. The molecule has 22 nitrogen and oxygen atoms in total. The van der Waals surface area contributed by atoms with Crippen LogP contribution in [0.3, 0.4) is 0 Å². The number of hydrogen-bond donors (Lipinski definition) is 7. The number of aryl methyl sites for hydroxylation is 1. The van der Waals surface area contributed by atoms with Crippen LogP contribution >= 0.6 is 0 Å². The lowest BCUT2D eigenvalue weighted by molar-refractivity contribution is -0.137. The fourth-order valence-corrected chi connectivity index (χ4v) is 14.4. The summed E-state index contributed by atoms with van der Waals surface area (Å²) < 4.78 is 209. The van der Waals surface area contributed by atoms with Crippen molar-refractivity contribution in [3.05, 3.63) is 137 Å². The van der Waals surface area contributed by atoms with E-state index >= 15 is 0 Å². The third-order valence-electron chi connectivity index (χ3n) is 14.2. The molecule has 28 heteroatoms. The molecule has 2 heterocycles. The zero-order valence-corrected chi connectivity index (χ0v) is 48.2. The highest BCUT2D eigenvalue weighted by atomic mass is 32.2. The van der Waals surface area contributed by atoms with E-state index in [9.17, 15) is 87.7 Å². The highest BCUT2D eigenvalue weighted by Crippen LogP contribution is 2.53. The number of carboxylic acids is 1. The maximum Gasteiger partial charge on any atom is 0.303 e. The van der Waals surface area contributed by atoms with E-state index in [1.165, 1.54) is 24.3 Å². The molecule has 5 aromatic carbocycles. The van der Waals surface area contributed by atoms with Gasteiger partial charge < -0.3 is 14.9 Å². The smallest absolute Gasteiger partial charge is 0.303 e. The highest BCUT2D eigenvalue weighted by Gasteiger charge is 2.45. The van der Waals surface area contributed by atoms with Crippen LogP contribution in [0.5, 0.6) is 0 Å². The van der Waals surface area contributed by atoms with Crippen molar-refractivity contribution in [2.24, 2.45) is 0 Å². The van der Waals surface area contributed by atoms with Gasteiger partial charge in [-0.3, -0.25) is 32.1 Å². The quantitative estimate of drug-likeness (QED) is 0.0198. The Hall–Kier alpha value is -5.89. The molecule has 0 amide bonds. The first-order chi connectivity index (χ1) is 36.8. The average Bonchev–Trinajstić information content (AvgIpc) is 3.68. The molecule has 0 saturated carbocycles. The van der Waals surface area contributed by atoms with Gasteiger partial charge in [-0.05, 0) is 113 Å². The molecule has 0 saturated heterocycles. The number of fused-ring (bicyclic) bond motifs is 6. The van der Waals surface area contributed by atoms with Crippen LogP contribution in [-0.4, -0.2) is 120 Å². The lowest BCUT2D eigenvalue weighted by Gasteiger charge is -2.32. The van der Waals surface area contributed by atoms with Gasteiger partial charge in [-0.25, -0.2) is 0 Å². The van der Waals surface area contributed by atoms with Crippen molar-refractivity contribution in [1.29, 1.82) is 0 Å². The van der Waals surface area contributed by atoms with Gasteiger partial charge in [0.1, 0.15) is 9.79 Å². The number of nitrogens with zero attached hydrogens (tertiary/aromatic N) is 2. The van der Waals surface area contributed by atoms with Crippen LogP contribution in [0, 0.1) is 0 Å². The third kappa shape index (κ3) is 13.7. The van der Waals surface area contributed by atoms with Crippen molar-refractivity contribution in [1.82, 2.24) is 0 Å². The summed E-state index contributed by atoms with van der Waals surface area (Å²) in [6.45, 7) is 6.92. The van der Waals surface area contributed by atoms with Crippen LogP contribution in [0.1, 0.15) is 82.1 Å². The minimum atomic E-state index is -5.10. The SMILES string of the molecule is CC1(C)\C(=C/C=C/C=C(/C=C/C2N(CCCS(=O)(=O)O)c3ccc4c(S(=O)(=O)O)cc(S(=O)(=O)O)cc4c3C2(C)C)c2cccc(CCCCC(=O)O)c2)N(CCCS(=O)(=O)O)c2ccc3c(S(=O)(=O)O)cc(S(=O)(=O)O)cc3c21. The molecule has 0 bridgehead atoms. The largest absolute Gasteiger partial charge is 0.481 e. The number of rotatable bonds is 22. The van der Waals surface area contributed by atoms with Crippen molar-refractivity contribution >= 4 is 105 Å². The van der Waals surface area contributed by atoms with E-state index in [1.54, 1.807) is 80.0 Å². The Bertz CT molecular complexity index is 4190. The summed E-state index contributed by atoms with van der Waals surface area (Å²) in [6, 6.07) is 15.7. The minimum Gasteiger partial charge on any atom is -0.481 e. The van der Waals surface area contributed by atoms with Gasteiger partial charge in [0, 0.05) is 58.2 Å². The van der Waals surface area contributed by atoms with Crippen molar-refractivity contribution < 1.29 is 87.7 Å². The molecule has 0 spiro atoms. The van der Waals surface area contributed by atoms with Crippen LogP contribution in [-0.2, 0) is 82.8 Å². The van der Waals surface area contributed by atoms with Gasteiger partial charge in [0.05, 0.1) is 27.3 Å². The molecule has 7 N–H and O–H groups in total. The number of aliphatic carboxylic acids is 1. The molecule has 432 valence electrons.